The minimum atomic E-state index is -4.02. The van der Waals surface area contributed by atoms with Gasteiger partial charge in [-0.25, -0.2) is 8.42 Å². The summed E-state index contributed by atoms with van der Waals surface area (Å²) < 4.78 is 30.2. The molecule has 4 rings (SSSR count). The molecule has 0 fully saturated rings. The third-order valence-corrected chi connectivity index (χ3v) is 7.33. The Hall–Kier alpha value is -3.17. The number of fused-ring (bicyclic) bond motifs is 1. The Kier molecular flexibility index (Phi) is 5.56. The number of aromatic nitrogens is 2. The zero-order valence-electron chi connectivity index (χ0n) is 17.7. The Morgan fingerprint density at radius 1 is 1.09 bits per heavy atom. The molecule has 2 aromatic carbocycles. The highest BCUT2D eigenvalue weighted by Gasteiger charge is 2.27. The Morgan fingerprint density at radius 3 is 2.59 bits per heavy atom. The number of sulfonamides is 1. The molecule has 0 saturated carbocycles. The van der Waals surface area contributed by atoms with Crippen molar-refractivity contribution in [1.82, 2.24) is 9.78 Å². The molecule has 1 aliphatic heterocycles. The van der Waals surface area contributed by atoms with Gasteiger partial charge in [-0.1, -0.05) is 29.8 Å². The van der Waals surface area contributed by atoms with Crippen molar-refractivity contribution in [3.05, 3.63) is 58.2 Å². The summed E-state index contributed by atoms with van der Waals surface area (Å²) in [6.45, 7) is 5.41. The van der Waals surface area contributed by atoms with Gasteiger partial charge in [0.05, 0.1) is 16.4 Å². The van der Waals surface area contributed by atoms with Crippen LogP contribution in [0.1, 0.15) is 34.5 Å². The first kappa shape index (κ1) is 22.0. The summed E-state index contributed by atoms with van der Waals surface area (Å²) in [6.07, 6.45) is 0.0973. The van der Waals surface area contributed by atoms with E-state index in [1.807, 2.05) is 19.9 Å². The molecule has 1 aliphatic rings. The summed E-state index contributed by atoms with van der Waals surface area (Å²) in [7, 11) is -4.02. The van der Waals surface area contributed by atoms with E-state index >= 15 is 0 Å². The first-order valence-corrected chi connectivity index (χ1v) is 11.8. The van der Waals surface area contributed by atoms with E-state index in [0.717, 1.165) is 15.8 Å². The molecular formula is C22H21ClN4O4S. The smallest absolute Gasteiger partial charge is 0.263 e. The van der Waals surface area contributed by atoms with E-state index in [0.29, 0.717) is 22.5 Å². The molecule has 1 amide bonds. The number of hydrogen-bond acceptors (Lipinski definition) is 5. The highest BCUT2D eigenvalue weighted by Crippen LogP contribution is 2.36. The maximum Gasteiger partial charge on any atom is 0.263 e. The number of amides is 1. The molecule has 10 heteroatoms. The van der Waals surface area contributed by atoms with Gasteiger partial charge in [0.2, 0.25) is 11.8 Å². The van der Waals surface area contributed by atoms with Crippen molar-refractivity contribution in [2.24, 2.45) is 0 Å². The Bertz CT molecular complexity index is 1380. The zero-order chi connectivity index (χ0) is 23.2. The lowest BCUT2D eigenvalue weighted by Gasteiger charge is -2.14. The van der Waals surface area contributed by atoms with Crippen LogP contribution in [-0.2, 0) is 14.8 Å². The lowest BCUT2D eigenvalue weighted by atomic mass is 10.1. The molecule has 2 heterocycles. The predicted octanol–water partition coefficient (Wildman–Crippen LogP) is 4.30. The normalized spacial score (nSPS) is 14.0. The SMILES string of the molecule is Cc1cccc(NS(=O)(=O)c2cc(-c3c(C)nn4c3NC(=O)CCC4=O)ccc2Cl)c1C. The van der Waals surface area contributed by atoms with Gasteiger partial charge in [0, 0.05) is 18.4 Å². The van der Waals surface area contributed by atoms with Crippen LogP contribution in [0.25, 0.3) is 11.1 Å². The number of nitrogens with one attached hydrogen (secondary N) is 2. The maximum absolute atomic E-state index is 13.2. The van der Waals surface area contributed by atoms with Crippen LogP contribution in [0.3, 0.4) is 0 Å². The molecule has 0 aliphatic carbocycles. The fourth-order valence-electron chi connectivity index (χ4n) is 3.62. The van der Waals surface area contributed by atoms with Gasteiger partial charge in [-0.05, 0) is 55.7 Å². The van der Waals surface area contributed by atoms with Gasteiger partial charge >= 0.3 is 0 Å². The number of carbonyl (C=O) groups excluding carboxylic acids is 2. The third-order valence-electron chi connectivity index (χ3n) is 5.48. The largest absolute Gasteiger partial charge is 0.310 e. The van der Waals surface area contributed by atoms with E-state index < -0.39 is 10.0 Å². The minimum Gasteiger partial charge on any atom is -0.310 e. The second kappa shape index (κ2) is 8.07. The second-order valence-corrected chi connectivity index (χ2v) is 9.72. The zero-order valence-corrected chi connectivity index (χ0v) is 19.3. The van der Waals surface area contributed by atoms with Crippen molar-refractivity contribution in [2.75, 3.05) is 10.0 Å². The molecule has 2 N–H and O–H groups in total. The summed E-state index contributed by atoms with van der Waals surface area (Å²) in [4.78, 5) is 24.3. The fraction of sp³-hybridized carbons (Fsp3) is 0.227. The first-order valence-electron chi connectivity index (χ1n) is 9.90. The van der Waals surface area contributed by atoms with Gasteiger partial charge in [-0.15, -0.1) is 0 Å². The molecule has 0 unspecified atom stereocenters. The number of hydrogen-bond donors (Lipinski definition) is 2. The molecule has 3 aromatic rings. The van der Waals surface area contributed by atoms with E-state index in [1.54, 1.807) is 25.1 Å². The quantitative estimate of drug-likeness (QED) is 0.588. The number of halogens is 1. The summed E-state index contributed by atoms with van der Waals surface area (Å²) in [5, 5.41) is 7.01. The lowest BCUT2D eigenvalue weighted by Crippen LogP contribution is -2.15. The molecule has 8 nitrogen and oxygen atoms in total. The number of aryl methyl sites for hydroxylation is 2. The fourth-order valence-corrected chi connectivity index (χ4v) is 5.27. The summed E-state index contributed by atoms with van der Waals surface area (Å²) >= 11 is 6.27. The van der Waals surface area contributed by atoms with Crippen LogP contribution in [0.4, 0.5) is 11.5 Å². The average molecular weight is 473 g/mol. The van der Waals surface area contributed by atoms with Crippen LogP contribution in [0.15, 0.2) is 41.3 Å². The van der Waals surface area contributed by atoms with E-state index in [-0.39, 0.29) is 40.4 Å². The van der Waals surface area contributed by atoms with E-state index in [1.165, 1.54) is 12.1 Å². The molecule has 32 heavy (non-hydrogen) atoms. The topological polar surface area (TPSA) is 110 Å². The average Bonchev–Trinajstić information content (AvgIpc) is 2.98. The summed E-state index contributed by atoms with van der Waals surface area (Å²) in [6, 6.07) is 9.86. The van der Waals surface area contributed by atoms with Gasteiger partial charge in [-0.2, -0.15) is 9.78 Å². The van der Waals surface area contributed by atoms with Crippen molar-refractivity contribution < 1.29 is 18.0 Å². The highest BCUT2D eigenvalue weighted by atomic mass is 35.5. The molecule has 0 bridgehead atoms. The number of benzene rings is 2. The molecule has 1 aromatic heterocycles. The van der Waals surface area contributed by atoms with Crippen LogP contribution in [0.5, 0.6) is 0 Å². The molecule has 0 atom stereocenters. The molecular weight excluding hydrogens is 452 g/mol. The van der Waals surface area contributed by atoms with Gasteiger partial charge < -0.3 is 5.32 Å². The van der Waals surface area contributed by atoms with Gasteiger partial charge in [0.25, 0.3) is 10.0 Å². The van der Waals surface area contributed by atoms with Gasteiger partial charge in [0.15, 0.2) is 0 Å². The second-order valence-electron chi connectivity index (χ2n) is 7.66. The van der Waals surface area contributed by atoms with Gasteiger partial charge in [-0.3, -0.25) is 14.3 Å². The van der Waals surface area contributed by atoms with Crippen molar-refractivity contribution in [3.8, 4) is 11.1 Å². The van der Waals surface area contributed by atoms with E-state index in [9.17, 15) is 18.0 Å². The van der Waals surface area contributed by atoms with Crippen LogP contribution in [-0.4, -0.2) is 30.0 Å². The number of anilines is 2. The lowest BCUT2D eigenvalue weighted by molar-refractivity contribution is -0.116. The minimum absolute atomic E-state index is 0.0411. The number of carbonyl (C=O) groups is 2. The molecule has 0 radical (unpaired) electrons. The van der Waals surface area contributed by atoms with E-state index in [2.05, 4.69) is 15.1 Å². The number of nitrogens with zero attached hydrogens (tertiary/aromatic N) is 2. The van der Waals surface area contributed by atoms with Gasteiger partial charge in [0.1, 0.15) is 10.7 Å². The first-order chi connectivity index (χ1) is 15.1. The van der Waals surface area contributed by atoms with Crippen molar-refractivity contribution in [3.63, 3.8) is 0 Å². The molecule has 0 saturated heterocycles. The maximum atomic E-state index is 13.2. The Balaban J connectivity index is 1.82. The van der Waals surface area contributed by atoms with Crippen LogP contribution in [0, 0.1) is 20.8 Å². The van der Waals surface area contributed by atoms with Crippen LogP contribution >= 0.6 is 11.6 Å². The van der Waals surface area contributed by atoms with Crippen LogP contribution in [0.2, 0.25) is 5.02 Å². The predicted molar refractivity (Wildman–Crippen MR) is 123 cm³/mol. The third kappa shape index (κ3) is 3.89. The van der Waals surface area contributed by atoms with Crippen LogP contribution < -0.4 is 10.0 Å². The van der Waals surface area contributed by atoms with Crippen molar-refractivity contribution in [1.29, 1.82) is 0 Å². The Morgan fingerprint density at radius 2 is 1.84 bits per heavy atom. The number of rotatable bonds is 4. The molecule has 0 spiro atoms. The van der Waals surface area contributed by atoms with E-state index in [4.69, 9.17) is 11.6 Å². The standard InChI is InChI=1S/C22H21ClN4O4S/c1-12-5-4-6-17(13(12)2)26-32(30,31)18-11-15(7-8-16(18)23)21-14(3)25-27-20(29)10-9-19(28)24-22(21)27/h4-8,11,26H,9-10H2,1-3H3,(H,24,28). The monoisotopic (exact) mass is 472 g/mol. The molecule has 166 valence electrons. The Labute approximate surface area is 190 Å². The van der Waals surface area contributed by atoms with Crippen molar-refractivity contribution >= 4 is 44.9 Å². The van der Waals surface area contributed by atoms with Crippen molar-refractivity contribution in [2.45, 2.75) is 38.5 Å². The highest BCUT2D eigenvalue weighted by molar-refractivity contribution is 7.92. The summed E-state index contributed by atoms with van der Waals surface area (Å²) in [5.41, 5.74) is 3.62. The summed E-state index contributed by atoms with van der Waals surface area (Å²) in [5.74, 6) is -0.397.